The number of carbonyl (C=O) groups is 1. The fourth-order valence-corrected chi connectivity index (χ4v) is 4.53. The van der Waals surface area contributed by atoms with E-state index in [9.17, 15) is 9.90 Å². The number of hydrogen-bond acceptors (Lipinski definition) is 6. The fourth-order valence-electron chi connectivity index (χ4n) is 4.53. The number of carboxylic acids is 1. The van der Waals surface area contributed by atoms with Gasteiger partial charge in [-0.3, -0.25) is 14.8 Å². The third-order valence-corrected chi connectivity index (χ3v) is 6.42. The molecular formula is C29H24N6O2. The van der Waals surface area contributed by atoms with Gasteiger partial charge in [-0.15, -0.1) is 0 Å². The second kappa shape index (κ2) is 9.23. The van der Waals surface area contributed by atoms with E-state index in [0.717, 1.165) is 62.1 Å². The summed E-state index contributed by atoms with van der Waals surface area (Å²) in [6, 6.07) is 19.9. The quantitative estimate of drug-likeness (QED) is 0.229. The van der Waals surface area contributed by atoms with E-state index in [1.807, 2.05) is 67.6 Å². The third kappa shape index (κ3) is 4.64. The van der Waals surface area contributed by atoms with Crippen LogP contribution in [0.5, 0.6) is 0 Å². The number of fused-ring (bicyclic) bond motifs is 2. The van der Waals surface area contributed by atoms with Crippen LogP contribution in [0.4, 0.5) is 22.7 Å². The molecule has 6 rings (SSSR count). The predicted molar refractivity (Wildman–Crippen MR) is 145 cm³/mol. The Kier molecular flexibility index (Phi) is 5.61. The molecule has 0 amide bonds. The van der Waals surface area contributed by atoms with Crippen LogP contribution in [0.3, 0.4) is 0 Å². The lowest BCUT2D eigenvalue weighted by atomic mass is 9.91. The van der Waals surface area contributed by atoms with E-state index < -0.39 is 11.9 Å². The van der Waals surface area contributed by atoms with Crippen LogP contribution >= 0.6 is 0 Å². The van der Waals surface area contributed by atoms with Gasteiger partial charge in [0.15, 0.2) is 0 Å². The summed E-state index contributed by atoms with van der Waals surface area (Å²) in [4.78, 5) is 28.3. The van der Waals surface area contributed by atoms with E-state index in [1.165, 1.54) is 0 Å². The molecule has 1 aliphatic rings. The summed E-state index contributed by atoms with van der Waals surface area (Å²) in [6.45, 7) is 1.97. The Morgan fingerprint density at radius 1 is 0.946 bits per heavy atom. The number of nitrogens with zero attached hydrogens (tertiary/aromatic N) is 3. The molecule has 1 atom stereocenters. The maximum absolute atomic E-state index is 11.5. The van der Waals surface area contributed by atoms with Crippen LogP contribution in [0.2, 0.25) is 0 Å². The Balaban J connectivity index is 1.21. The Morgan fingerprint density at radius 3 is 2.54 bits per heavy atom. The summed E-state index contributed by atoms with van der Waals surface area (Å²) >= 11 is 0. The number of anilines is 4. The molecule has 8 nitrogen and oxygen atoms in total. The number of nitrogens with one attached hydrogen (secondary N) is 3. The lowest BCUT2D eigenvalue weighted by molar-refractivity contribution is -0.140. The smallest absolute Gasteiger partial charge is 0.310 e. The first-order chi connectivity index (χ1) is 18.0. The number of aryl methyl sites for hydroxylation is 1. The normalized spacial score (nSPS) is 14.4. The van der Waals surface area contributed by atoms with E-state index >= 15 is 0 Å². The average Bonchev–Trinajstić information content (AvgIpc) is 3.32. The monoisotopic (exact) mass is 488 g/mol. The Labute approximate surface area is 213 Å². The summed E-state index contributed by atoms with van der Waals surface area (Å²) in [6.07, 6.45) is 7.41. The standard InChI is InChI=1S/C29H24N6O2/c1-17-14-22(10-12-30-17)32-21-7-9-26-27(16-21)35-28(34-26)18-2-5-20(6-3-18)33-25-11-13-31-24-8-4-19(29(36)37)15-23(24)25/h2-14,16,19H,15H2,1H3,(H,30,32)(H,31,33)(H,34,35)(H,36,37). The number of aliphatic carboxylic acids is 1. The molecular weight excluding hydrogens is 464 g/mol. The minimum Gasteiger partial charge on any atom is -0.481 e. The predicted octanol–water partition coefficient (Wildman–Crippen LogP) is 6.09. The van der Waals surface area contributed by atoms with Gasteiger partial charge in [-0.25, -0.2) is 4.98 Å². The van der Waals surface area contributed by atoms with Crippen LogP contribution in [0.1, 0.15) is 17.0 Å². The molecule has 0 aliphatic heterocycles. The zero-order valence-corrected chi connectivity index (χ0v) is 20.1. The Morgan fingerprint density at radius 2 is 1.73 bits per heavy atom. The van der Waals surface area contributed by atoms with E-state index in [-0.39, 0.29) is 0 Å². The first-order valence-electron chi connectivity index (χ1n) is 12.0. The number of hydrogen-bond donors (Lipinski definition) is 4. The van der Waals surface area contributed by atoms with Crippen LogP contribution < -0.4 is 10.6 Å². The second-order valence-corrected chi connectivity index (χ2v) is 9.06. The largest absolute Gasteiger partial charge is 0.481 e. The molecule has 182 valence electrons. The highest BCUT2D eigenvalue weighted by Gasteiger charge is 2.22. The van der Waals surface area contributed by atoms with Gasteiger partial charge >= 0.3 is 5.97 Å². The molecule has 3 heterocycles. The zero-order valence-electron chi connectivity index (χ0n) is 20.1. The summed E-state index contributed by atoms with van der Waals surface area (Å²) in [7, 11) is 0. The molecule has 4 N–H and O–H groups in total. The van der Waals surface area contributed by atoms with Crippen LogP contribution in [0.25, 0.3) is 28.5 Å². The van der Waals surface area contributed by atoms with Crippen molar-refractivity contribution in [2.24, 2.45) is 5.92 Å². The van der Waals surface area contributed by atoms with Gasteiger partial charge in [0.1, 0.15) is 5.82 Å². The first-order valence-corrected chi connectivity index (χ1v) is 12.0. The number of aromatic amines is 1. The van der Waals surface area contributed by atoms with Gasteiger partial charge in [0.2, 0.25) is 0 Å². The lowest BCUT2D eigenvalue weighted by Gasteiger charge is -2.19. The average molecular weight is 489 g/mol. The van der Waals surface area contributed by atoms with Gasteiger partial charge in [-0.2, -0.15) is 0 Å². The second-order valence-electron chi connectivity index (χ2n) is 9.06. The van der Waals surface area contributed by atoms with Gasteiger partial charge in [-0.05, 0) is 80.1 Å². The topological polar surface area (TPSA) is 116 Å². The molecule has 0 spiro atoms. The summed E-state index contributed by atoms with van der Waals surface area (Å²) < 4.78 is 0. The lowest BCUT2D eigenvalue weighted by Crippen LogP contribution is -2.18. The highest BCUT2D eigenvalue weighted by Crippen LogP contribution is 2.31. The van der Waals surface area contributed by atoms with Gasteiger partial charge in [-0.1, -0.05) is 6.08 Å². The minimum atomic E-state index is -0.831. The number of aromatic nitrogens is 4. The number of H-pyrrole nitrogens is 1. The van der Waals surface area contributed by atoms with Crippen LogP contribution in [0, 0.1) is 12.8 Å². The minimum absolute atomic E-state index is 0.409. The molecule has 1 aliphatic carbocycles. The molecule has 3 aromatic heterocycles. The molecule has 2 aromatic carbocycles. The molecule has 0 saturated heterocycles. The van der Waals surface area contributed by atoms with Crippen molar-refractivity contribution in [3.8, 4) is 11.4 Å². The number of benzene rings is 2. The van der Waals surface area contributed by atoms with Crippen molar-refractivity contribution < 1.29 is 9.90 Å². The van der Waals surface area contributed by atoms with Crippen molar-refractivity contribution in [3.05, 3.63) is 96.1 Å². The van der Waals surface area contributed by atoms with E-state index in [4.69, 9.17) is 4.98 Å². The SMILES string of the molecule is Cc1cc(Nc2ccc3nc(-c4ccc(Nc5ccnc6c5CC(C(=O)O)C=C6)cc4)[nH]c3c2)ccn1. The van der Waals surface area contributed by atoms with Crippen molar-refractivity contribution in [1.82, 2.24) is 19.9 Å². The maximum Gasteiger partial charge on any atom is 0.310 e. The van der Waals surface area contributed by atoms with E-state index in [2.05, 4.69) is 25.6 Å². The van der Waals surface area contributed by atoms with Crippen molar-refractivity contribution in [2.75, 3.05) is 10.6 Å². The Hall–Kier alpha value is -4.98. The van der Waals surface area contributed by atoms with Crippen molar-refractivity contribution >= 4 is 45.8 Å². The molecule has 8 heteroatoms. The van der Waals surface area contributed by atoms with Crippen LogP contribution in [0.15, 0.2) is 79.1 Å². The highest BCUT2D eigenvalue weighted by atomic mass is 16.4. The first kappa shape index (κ1) is 22.5. The van der Waals surface area contributed by atoms with Crippen LogP contribution in [-0.4, -0.2) is 31.0 Å². The molecule has 37 heavy (non-hydrogen) atoms. The number of imidazole rings is 1. The van der Waals surface area contributed by atoms with Crippen molar-refractivity contribution in [3.63, 3.8) is 0 Å². The van der Waals surface area contributed by atoms with Crippen LogP contribution in [-0.2, 0) is 11.2 Å². The summed E-state index contributed by atoms with van der Waals surface area (Å²) in [5.41, 5.74) is 9.17. The van der Waals surface area contributed by atoms with Crippen molar-refractivity contribution in [2.45, 2.75) is 13.3 Å². The molecule has 0 saturated carbocycles. The summed E-state index contributed by atoms with van der Waals surface area (Å²) in [5.74, 6) is -0.589. The van der Waals surface area contributed by atoms with Crippen molar-refractivity contribution in [1.29, 1.82) is 0 Å². The molecule has 5 aromatic rings. The fraction of sp³-hybridized carbons (Fsp3) is 0.103. The maximum atomic E-state index is 11.5. The molecule has 1 unspecified atom stereocenters. The van der Waals surface area contributed by atoms with E-state index in [0.29, 0.717) is 6.42 Å². The Bertz CT molecular complexity index is 1660. The third-order valence-electron chi connectivity index (χ3n) is 6.42. The van der Waals surface area contributed by atoms with Gasteiger partial charge in [0.25, 0.3) is 0 Å². The van der Waals surface area contributed by atoms with E-state index in [1.54, 1.807) is 24.5 Å². The van der Waals surface area contributed by atoms with Gasteiger partial charge in [0.05, 0.1) is 22.6 Å². The molecule has 0 fully saturated rings. The van der Waals surface area contributed by atoms with Gasteiger partial charge in [0, 0.05) is 52.0 Å². The highest BCUT2D eigenvalue weighted by molar-refractivity contribution is 5.84. The summed E-state index contributed by atoms with van der Waals surface area (Å²) in [5, 5.41) is 16.3. The molecule has 0 bridgehead atoms. The number of pyridine rings is 2. The molecule has 0 radical (unpaired) electrons. The number of rotatable bonds is 6. The zero-order chi connectivity index (χ0) is 25.4. The van der Waals surface area contributed by atoms with Gasteiger partial charge < -0.3 is 20.7 Å². The number of carboxylic acid groups (broad SMARTS) is 1.